The van der Waals surface area contributed by atoms with Crippen LogP contribution >= 0.6 is 0 Å². The Bertz CT molecular complexity index is 939. The van der Waals surface area contributed by atoms with E-state index in [9.17, 15) is 13.2 Å². The number of rotatable bonds is 4. The third-order valence-corrected chi connectivity index (χ3v) is 7.05. The van der Waals surface area contributed by atoms with Crippen LogP contribution in [0.4, 0.5) is 0 Å². The highest BCUT2D eigenvalue weighted by Gasteiger charge is 2.30. The number of amides is 1. The number of piperidine rings is 1. The van der Waals surface area contributed by atoms with Crippen molar-refractivity contribution in [1.29, 1.82) is 0 Å². The molecular weight excluding hydrogens is 386 g/mol. The first-order valence-corrected chi connectivity index (χ1v) is 10.8. The molecule has 0 aromatic carbocycles. The number of hydrogen-bond donors (Lipinski definition) is 1. The first kappa shape index (κ1) is 19.1. The largest absolute Gasteiger partial charge is 0.411 e. The van der Waals surface area contributed by atoms with Gasteiger partial charge in [-0.3, -0.25) is 4.79 Å². The molecule has 0 bridgehead atoms. The summed E-state index contributed by atoms with van der Waals surface area (Å²) in [7, 11) is -3.58. The second-order valence-corrected chi connectivity index (χ2v) is 9.09. The molecule has 2 aromatic heterocycles. The lowest BCUT2D eigenvalue weighted by atomic mass is 10.0. The Morgan fingerprint density at radius 3 is 2.61 bits per heavy atom. The van der Waals surface area contributed by atoms with Crippen molar-refractivity contribution in [2.45, 2.75) is 24.7 Å². The first-order valence-electron chi connectivity index (χ1n) is 9.34. The van der Waals surface area contributed by atoms with E-state index in [1.807, 2.05) is 0 Å². The minimum absolute atomic E-state index is 0.0744. The standard InChI is InChI=1S/C17H23N5O5S/c1-12-2-4-22(5-3-12)28(24,25)13-10-14(18-11-13)15-19-20-16(27-15)17(23)21-6-8-26-9-7-21/h10-12,18H,2-9H2,1H3. The fraction of sp³-hybridized carbons (Fsp3) is 0.588. The van der Waals surface area contributed by atoms with Crippen LogP contribution in [0.1, 0.15) is 30.5 Å². The molecule has 2 saturated heterocycles. The zero-order valence-corrected chi connectivity index (χ0v) is 16.4. The summed E-state index contributed by atoms with van der Waals surface area (Å²) >= 11 is 0. The molecule has 0 spiro atoms. The number of hydrogen-bond acceptors (Lipinski definition) is 7. The molecule has 0 atom stereocenters. The van der Waals surface area contributed by atoms with Gasteiger partial charge in [-0.1, -0.05) is 6.92 Å². The van der Waals surface area contributed by atoms with Gasteiger partial charge in [0, 0.05) is 32.4 Å². The lowest BCUT2D eigenvalue weighted by molar-refractivity contribution is 0.0278. The smallest absolute Gasteiger partial charge is 0.311 e. The SMILES string of the molecule is CC1CCN(S(=O)(=O)c2c[nH]c(-c3nnc(C(=O)N4CCOCC4)o3)c2)CC1. The number of morpholine rings is 1. The number of carbonyl (C=O) groups is 1. The van der Waals surface area contributed by atoms with Crippen molar-refractivity contribution in [3.63, 3.8) is 0 Å². The molecule has 0 aliphatic carbocycles. The fourth-order valence-corrected chi connectivity index (χ4v) is 4.81. The number of aromatic amines is 1. The highest BCUT2D eigenvalue weighted by molar-refractivity contribution is 7.89. The molecule has 4 heterocycles. The molecule has 0 unspecified atom stereocenters. The van der Waals surface area contributed by atoms with E-state index in [-0.39, 0.29) is 22.6 Å². The lowest BCUT2D eigenvalue weighted by Crippen LogP contribution is -2.40. The number of carbonyl (C=O) groups excluding carboxylic acids is 1. The number of aromatic nitrogens is 3. The zero-order valence-electron chi connectivity index (χ0n) is 15.6. The molecule has 0 radical (unpaired) electrons. The summed E-state index contributed by atoms with van der Waals surface area (Å²) in [5, 5.41) is 7.69. The quantitative estimate of drug-likeness (QED) is 0.798. The van der Waals surface area contributed by atoms with Gasteiger partial charge in [0.25, 0.3) is 5.89 Å². The molecule has 152 valence electrons. The summed E-state index contributed by atoms with van der Waals surface area (Å²) in [6.45, 7) is 5.04. The highest BCUT2D eigenvalue weighted by atomic mass is 32.2. The number of nitrogens with one attached hydrogen (secondary N) is 1. The third kappa shape index (κ3) is 3.69. The van der Waals surface area contributed by atoms with E-state index < -0.39 is 10.0 Å². The number of nitrogens with zero attached hydrogens (tertiary/aromatic N) is 4. The van der Waals surface area contributed by atoms with E-state index >= 15 is 0 Å². The topological polar surface area (TPSA) is 122 Å². The normalized spacial score (nSPS) is 19.8. The lowest BCUT2D eigenvalue weighted by Gasteiger charge is -2.28. The monoisotopic (exact) mass is 409 g/mol. The van der Waals surface area contributed by atoms with Gasteiger partial charge in [0.05, 0.1) is 13.2 Å². The fourth-order valence-electron chi connectivity index (χ4n) is 3.34. The van der Waals surface area contributed by atoms with Crippen molar-refractivity contribution < 1.29 is 22.4 Å². The number of sulfonamides is 1. The van der Waals surface area contributed by atoms with Crippen molar-refractivity contribution in [1.82, 2.24) is 24.4 Å². The number of ether oxygens (including phenoxy) is 1. The molecule has 28 heavy (non-hydrogen) atoms. The van der Waals surface area contributed by atoms with E-state index in [1.54, 1.807) is 4.90 Å². The van der Waals surface area contributed by atoms with Crippen molar-refractivity contribution in [2.75, 3.05) is 39.4 Å². The summed E-state index contributed by atoms with van der Waals surface area (Å²) in [6.07, 6.45) is 3.12. The number of H-pyrrole nitrogens is 1. The van der Waals surface area contributed by atoms with Crippen molar-refractivity contribution >= 4 is 15.9 Å². The predicted octanol–water partition coefficient (Wildman–Crippen LogP) is 0.958. The van der Waals surface area contributed by atoms with Gasteiger partial charge in [-0.2, -0.15) is 4.31 Å². The molecule has 2 aliphatic rings. The van der Waals surface area contributed by atoms with Gasteiger partial charge in [-0.15, -0.1) is 10.2 Å². The molecule has 0 saturated carbocycles. The van der Waals surface area contributed by atoms with Gasteiger partial charge in [0.1, 0.15) is 10.6 Å². The maximum absolute atomic E-state index is 12.8. The van der Waals surface area contributed by atoms with E-state index in [0.717, 1.165) is 12.8 Å². The van der Waals surface area contributed by atoms with Crippen LogP contribution in [0, 0.1) is 5.92 Å². The molecular formula is C17H23N5O5S. The summed E-state index contributed by atoms with van der Waals surface area (Å²) in [4.78, 5) is 17.0. The molecule has 2 fully saturated rings. The van der Waals surface area contributed by atoms with E-state index in [2.05, 4.69) is 22.1 Å². The van der Waals surface area contributed by atoms with E-state index in [1.165, 1.54) is 16.6 Å². The highest BCUT2D eigenvalue weighted by Crippen LogP contribution is 2.26. The average Bonchev–Trinajstić information content (AvgIpc) is 3.38. The van der Waals surface area contributed by atoms with Gasteiger partial charge >= 0.3 is 11.8 Å². The van der Waals surface area contributed by atoms with Crippen LogP contribution < -0.4 is 0 Å². The molecule has 2 aromatic rings. The van der Waals surface area contributed by atoms with Crippen LogP contribution in [-0.4, -0.2) is 78.1 Å². The van der Waals surface area contributed by atoms with Crippen LogP contribution in [0.5, 0.6) is 0 Å². The minimum Gasteiger partial charge on any atom is -0.411 e. The van der Waals surface area contributed by atoms with Gasteiger partial charge in [0.15, 0.2) is 0 Å². The molecule has 10 nitrogen and oxygen atoms in total. The average molecular weight is 409 g/mol. The van der Waals surface area contributed by atoms with Gasteiger partial charge in [-0.05, 0) is 24.8 Å². The van der Waals surface area contributed by atoms with Crippen LogP contribution in [0.2, 0.25) is 0 Å². The Hall–Kier alpha value is -2.24. The van der Waals surface area contributed by atoms with Crippen molar-refractivity contribution in [3.8, 4) is 11.6 Å². The predicted molar refractivity (Wildman–Crippen MR) is 98.0 cm³/mol. The second kappa shape index (κ2) is 7.64. The van der Waals surface area contributed by atoms with Crippen molar-refractivity contribution in [3.05, 3.63) is 18.2 Å². The Morgan fingerprint density at radius 1 is 1.18 bits per heavy atom. The molecule has 1 N–H and O–H groups in total. The third-order valence-electron chi connectivity index (χ3n) is 5.17. The van der Waals surface area contributed by atoms with Gasteiger partial charge in [0.2, 0.25) is 10.0 Å². The Morgan fingerprint density at radius 2 is 1.89 bits per heavy atom. The first-order chi connectivity index (χ1) is 13.4. The zero-order chi connectivity index (χ0) is 19.7. The van der Waals surface area contributed by atoms with Crippen LogP contribution in [-0.2, 0) is 14.8 Å². The Balaban J connectivity index is 1.50. The maximum atomic E-state index is 12.8. The maximum Gasteiger partial charge on any atom is 0.311 e. The Labute approximate surface area is 162 Å². The van der Waals surface area contributed by atoms with Gasteiger partial charge in [-0.25, -0.2) is 8.42 Å². The molecule has 11 heteroatoms. The van der Waals surface area contributed by atoms with Crippen LogP contribution in [0.3, 0.4) is 0 Å². The molecule has 4 rings (SSSR count). The van der Waals surface area contributed by atoms with Crippen LogP contribution in [0.15, 0.2) is 21.6 Å². The van der Waals surface area contributed by atoms with Gasteiger partial charge < -0.3 is 19.0 Å². The molecule has 2 aliphatic heterocycles. The van der Waals surface area contributed by atoms with E-state index in [0.29, 0.717) is 51.0 Å². The minimum atomic E-state index is -3.58. The summed E-state index contributed by atoms with van der Waals surface area (Å²) in [6, 6.07) is 1.46. The van der Waals surface area contributed by atoms with Crippen molar-refractivity contribution in [2.24, 2.45) is 5.92 Å². The summed E-state index contributed by atoms with van der Waals surface area (Å²) in [5.41, 5.74) is 0.359. The summed E-state index contributed by atoms with van der Waals surface area (Å²) in [5.74, 6) is 0.129. The summed E-state index contributed by atoms with van der Waals surface area (Å²) < 4.78 is 37.9. The molecule has 1 amide bonds. The Kier molecular flexibility index (Phi) is 5.21. The van der Waals surface area contributed by atoms with E-state index in [4.69, 9.17) is 9.15 Å². The second-order valence-electron chi connectivity index (χ2n) is 7.15. The van der Waals surface area contributed by atoms with Crippen LogP contribution in [0.25, 0.3) is 11.6 Å².